The van der Waals surface area contributed by atoms with Crippen LogP contribution in [-0.2, 0) is 21.6 Å². The van der Waals surface area contributed by atoms with E-state index in [1.54, 1.807) is 7.11 Å². The molecular formula is C16H15N5O2S. The van der Waals surface area contributed by atoms with Crippen LogP contribution in [0.4, 0.5) is 10.8 Å². The molecule has 0 aliphatic carbocycles. The number of hydrogen-bond donors (Lipinski definition) is 1. The van der Waals surface area contributed by atoms with Gasteiger partial charge in [-0.25, -0.2) is 4.98 Å². The van der Waals surface area contributed by atoms with Gasteiger partial charge in [0.1, 0.15) is 12.0 Å². The van der Waals surface area contributed by atoms with Crippen molar-refractivity contribution in [3.63, 3.8) is 0 Å². The topological polar surface area (TPSA) is 91.1 Å². The van der Waals surface area contributed by atoms with Crippen LogP contribution in [0.15, 0.2) is 24.3 Å². The van der Waals surface area contributed by atoms with Gasteiger partial charge in [0.15, 0.2) is 5.82 Å². The zero-order chi connectivity index (χ0) is 16.7. The van der Waals surface area contributed by atoms with Crippen molar-refractivity contribution in [1.29, 1.82) is 5.26 Å². The molecule has 1 aromatic heterocycles. The fourth-order valence-corrected chi connectivity index (χ4v) is 4.23. The molecule has 0 bridgehead atoms. The lowest BCUT2D eigenvalue weighted by molar-refractivity contribution is -0.120. The van der Waals surface area contributed by atoms with Gasteiger partial charge in [-0.15, -0.1) is 0 Å². The largest absolute Gasteiger partial charge is 0.377 e. The van der Waals surface area contributed by atoms with Crippen molar-refractivity contribution in [1.82, 2.24) is 9.36 Å². The van der Waals surface area contributed by atoms with Gasteiger partial charge in [0.2, 0.25) is 11.0 Å². The molecule has 24 heavy (non-hydrogen) atoms. The number of carbonyl (C=O) groups is 1. The van der Waals surface area contributed by atoms with E-state index in [-0.39, 0.29) is 5.91 Å². The number of nitriles is 1. The van der Waals surface area contributed by atoms with Crippen molar-refractivity contribution in [2.75, 3.05) is 30.4 Å². The molecule has 1 fully saturated rings. The molecule has 1 N–H and O–H groups in total. The predicted octanol–water partition coefficient (Wildman–Crippen LogP) is 1.53. The van der Waals surface area contributed by atoms with Crippen LogP contribution in [0.1, 0.15) is 11.4 Å². The molecular weight excluding hydrogens is 326 g/mol. The number of nitrogens with zero attached hydrogens (tertiary/aromatic N) is 4. The van der Waals surface area contributed by atoms with Gasteiger partial charge in [0.05, 0.1) is 12.0 Å². The van der Waals surface area contributed by atoms with Gasteiger partial charge < -0.3 is 15.0 Å². The lowest BCUT2D eigenvalue weighted by Crippen LogP contribution is -2.41. The Bertz CT molecular complexity index is 845. The minimum absolute atomic E-state index is 0.112. The lowest BCUT2D eigenvalue weighted by atomic mass is 9.74. The molecule has 1 aromatic carbocycles. The van der Waals surface area contributed by atoms with E-state index in [0.717, 1.165) is 16.4 Å². The first kappa shape index (κ1) is 15.1. The summed E-state index contributed by atoms with van der Waals surface area (Å²) in [6.07, 6.45) is 0. The fourth-order valence-electron chi connectivity index (χ4n) is 3.55. The van der Waals surface area contributed by atoms with Crippen molar-refractivity contribution >= 4 is 28.3 Å². The molecule has 7 nitrogen and oxygen atoms in total. The van der Waals surface area contributed by atoms with Crippen LogP contribution in [0.2, 0.25) is 0 Å². The van der Waals surface area contributed by atoms with Crippen molar-refractivity contribution in [2.45, 2.75) is 12.0 Å². The highest BCUT2D eigenvalue weighted by Gasteiger charge is 2.58. The Hall–Kier alpha value is -2.50. The zero-order valence-electron chi connectivity index (χ0n) is 13.0. The summed E-state index contributed by atoms with van der Waals surface area (Å²) in [5.74, 6) is 0.0681. The van der Waals surface area contributed by atoms with E-state index in [4.69, 9.17) is 4.74 Å². The highest BCUT2D eigenvalue weighted by molar-refractivity contribution is 7.09. The third-order valence-electron chi connectivity index (χ3n) is 4.66. The third-order valence-corrected chi connectivity index (χ3v) is 5.47. The van der Waals surface area contributed by atoms with Crippen LogP contribution in [0.25, 0.3) is 0 Å². The molecule has 2 atom stereocenters. The number of rotatable bonds is 3. The molecule has 2 aromatic rings. The van der Waals surface area contributed by atoms with Gasteiger partial charge in [0, 0.05) is 37.4 Å². The first-order chi connectivity index (χ1) is 11.7. The summed E-state index contributed by atoms with van der Waals surface area (Å²) in [6, 6.07) is 9.92. The first-order valence-corrected chi connectivity index (χ1v) is 8.33. The van der Waals surface area contributed by atoms with E-state index in [1.165, 1.54) is 11.5 Å². The molecule has 1 amide bonds. The van der Waals surface area contributed by atoms with Crippen LogP contribution in [-0.4, -0.2) is 35.5 Å². The molecule has 2 aliphatic heterocycles. The number of hydrogen-bond acceptors (Lipinski definition) is 7. The second kappa shape index (κ2) is 5.54. The van der Waals surface area contributed by atoms with Gasteiger partial charge in [-0.05, 0) is 11.6 Å². The van der Waals surface area contributed by atoms with E-state index in [2.05, 4.69) is 20.7 Å². The predicted molar refractivity (Wildman–Crippen MR) is 88.7 cm³/mol. The van der Waals surface area contributed by atoms with Gasteiger partial charge in [0.25, 0.3) is 0 Å². The SMILES string of the molecule is COCc1nsc(N2C[C@@H](C#N)[C@]3(C2)C(=O)Nc2ccccc23)n1. The quantitative estimate of drug-likeness (QED) is 0.910. The maximum atomic E-state index is 12.8. The summed E-state index contributed by atoms with van der Waals surface area (Å²) in [5, 5.41) is 13.3. The zero-order valence-corrected chi connectivity index (χ0v) is 13.8. The monoisotopic (exact) mass is 341 g/mol. The first-order valence-electron chi connectivity index (χ1n) is 7.56. The van der Waals surface area contributed by atoms with Crippen molar-refractivity contribution in [3.05, 3.63) is 35.7 Å². The molecule has 0 radical (unpaired) electrons. The Morgan fingerprint density at radius 1 is 1.54 bits per heavy atom. The Labute approximate surface area is 143 Å². The van der Waals surface area contributed by atoms with Crippen LogP contribution in [0.5, 0.6) is 0 Å². The number of aromatic nitrogens is 2. The minimum Gasteiger partial charge on any atom is -0.377 e. The smallest absolute Gasteiger partial charge is 0.238 e. The molecule has 2 aliphatic rings. The van der Waals surface area contributed by atoms with E-state index in [1.807, 2.05) is 29.2 Å². The number of methoxy groups -OCH3 is 1. The summed E-state index contributed by atoms with van der Waals surface area (Å²) < 4.78 is 9.31. The number of amides is 1. The molecule has 3 heterocycles. The standard InChI is InChI=1S/C16H15N5O2S/c1-23-8-13-19-15(24-20-13)21-7-10(6-17)16(9-21)11-4-2-3-5-12(11)18-14(16)22/h2-5,10H,7-9H2,1H3,(H,18,22)/t10-,16+/m1/s1. The Balaban J connectivity index is 1.72. The van der Waals surface area contributed by atoms with Crippen molar-refractivity contribution in [3.8, 4) is 6.07 Å². The number of carbonyl (C=O) groups excluding carboxylic acids is 1. The van der Waals surface area contributed by atoms with Crippen LogP contribution >= 0.6 is 11.5 Å². The summed E-state index contributed by atoms with van der Waals surface area (Å²) in [7, 11) is 1.59. The maximum Gasteiger partial charge on any atom is 0.238 e. The Kier molecular flexibility index (Phi) is 3.48. The lowest BCUT2D eigenvalue weighted by Gasteiger charge is -2.24. The number of para-hydroxylation sites is 1. The highest BCUT2D eigenvalue weighted by Crippen LogP contribution is 2.48. The van der Waals surface area contributed by atoms with Gasteiger partial charge in [-0.1, -0.05) is 18.2 Å². The van der Waals surface area contributed by atoms with Gasteiger partial charge >= 0.3 is 0 Å². The third kappa shape index (κ3) is 2.02. The number of ether oxygens (including phenoxy) is 1. The number of fused-ring (bicyclic) bond motifs is 2. The van der Waals surface area contributed by atoms with E-state index in [0.29, 0.717) is 25.5 Å². The van der Waals surface area contributed by atoms with Crippen molar-refractivity contribution < 1.29 is 9.53 Å². The number of anilines is 2. The van der Waals surface area contributed by atoms with E-state index < -0.39 is 11.3 Å². The second-order valence-electron chi connectivity index (χ2n) is 5.96. The normalized spacial score (nSPS) is 24.9. The molecule has 8 heteroatoms. The summed E-state index contributed by atoms with van der Waals surface area (Å²) in [5.41, 5.74) is 0.839. The molecule has 0 saturated carbocycles. The summed E-state index contributed by atoms with van der Waals surface area (Å²) >= 11 is 1.27. The molecule has 1 saturated heterocycles. The van der Waals surface area contributed by atoms with Crippen LogP contribution in [0, 0.1) is 17.2 Å². The second-order valence-corrected chi connectivity index (χ2v) is 6.69. The van der Waals surface area contributed by atoms with Crippen molar-refractivity contribution in [2.24, 2.45) is 5.92 Å². The molecule has 122 valence electrons. The number of nitrogens with one attached hydrogen (secondary N) is 1. The Morgan fingerprint density at radius 2 is 2.38 bits per heavy atom. The average molecular weight is 341 g/mol. The average Bonchev–Trinajstić information content (AvgIpc) is 3.26. The summed E-state index contributed by atoms with van der Waals surface area (Å²) in [6.45, 7) is 1.23. The molecule has 4 rings (SSSR count). The van der Waals surface area contributed by atoms with E-state index in [9.17, 15) is 10.1 Å². The minimum atomic E-state index is -0.849. The highest BCUT2D eigenvalue weighted by atomic mass is 32.1. The number of benzene rings is 1. The van der Waals surface area contributed by atoms with Gasteiger partial charge in [-0.2, -0.15) is 9.64 Å². The Morgan fingerprint density at radius 3 is 3.17 bits per heavy atom. The van der Waals surface area contributed by atoms with Crippen LogP contribution < -0.4 is 10.2 Å². The fraction of sp³-hybridized carbons (Fsp3) is 0.375. The maximum absolute atomic E-state index is 12.8. The molecule has 1 spiro atoms. The molecule has 0 unspecified atom stereocenters. The van der Waals surface area contributed by atoms with Gasteiger partial charge in [-0.3, -0.25) is 4.79 Å². The van der Waals surface area contributed by atoms with Crippen LogP contribution in [0.3, 0.4) is 0 Å². The van der Waals surface area contributed by atoms with E-state index >= 15 is 0 Å². The summed E-state index contributed by atoms with van der Waals surface area (Å²) in [4.78, 5) is 19.2.